The van der Waals surface area contributed by atoms with Crippen LogP contribution in [0.2, 0.25) is 0 Å². The molecule has 0 saturated heterocycles. The zero-order valence-electron chi connectivity index (χ0n) is 12.7. The number of anilines is 1. The van der Waals surface area contributed by atoms with Crippen LogP contribution in [0.5, 0.6) is 0 Å². The Balaban J connectivity index is 2.26. The average molecular weight is 332 g/mol. The molecule has 0 heterocycles. The SMILES string of the molecule is CC(=O)Nc1cc(C(=O)NS(=O)(=O)c2ccccc2)ccc1C. The van der Waals surface area contributed by atoms with Gasteiger partial charge in [0.1, 0.15) is 0 Å². The highest BCUT2D eigenvalue weighted by Gasteiger charge is 2.19. The van der Waals surface area contributed by atoms with Crippen LogP contribution in [0.25, 0.3) is 0 Å². The highest BCUT2D eigenvalue weighted by atomic mass is 32.2. The molecule has 0 bridgehead atoms. The Kier molecular flexibility index (Phi) is 4.80. The van der Waals surface area contributed by atoms with Crippen LogP contribution < -0.4 is 10.0 Å². The summed E-state index contributed by atoms with van der Waals surface area (Å²) in [5, 5.41) is 2.59. The van der Waals surface area contributed by atoms with Gasteiger partial charge in [0.05, 0.1) is 4.90 Å². The number of amides is 2. The van der Waals surface area contributed by atoms with Crippen LogP contribution in [-0.4, -0.2) is 20.2 Å². The topological polar surface area (TPSA) is 92.3 Å². The van der Waals surface area contributed by atoms with Crippen molar-refractivity contribution in [3.8, 4) is 0 Å². The van der Waals surface area contributed by atoms with E-state index in [1.54, 1.807) is 31.2 Å². The van der Waals surface area contributed by atoms with Crippen molar-refractivity contribution in [1.29, 1.82) is 0 Å². The van der Waals surface area contributed by atoms with Gasteiger partial charge in [0.25, 0.3) is 15.9 Å². The molecule has 2 aromatic carbocycles. The second-order valence-corrected chi connectivity index (χ2v) is 6.64. The third-order valence-corrected chi connectivity index (χ3v) is 4.44. The van der Waals surface area contributed by atoms with Crippen molar-refractivity contribution in [2.75, 3.05) is 5.32 Å². The van der Waals surface area contributed by atoms with E-state index in [-0.39, 0.29) is 16.4 Å². The van der Waals surface area contributed by atoms with E-state index < -0.39 is 15.9 Å². The summed E-state index contributed by atoms with van der Waals surface area (Å²) in [4.78, 5) is 23.3. The Labute approximate surface area is 134 Å². The first-order valence-electron chi connectivity index (χ1n) is 6.80. The van der Waals surface area contributed by atoms with Crippen molar-refractivity contribution in [1.82, 2.24) is 4.72 Å². The van der Waals surface area contributed by atoms with Gasteiger partial charge in [-0.2, -0.15) is 0 Å². The van der Waals surface area contributed by atoms with Crippen molar-refractivity contribution >= 4 is 27.5 Å². The normalized spacial score (nSPS) is 10.9. The van der Waals surface area contributed by atoms with Crippen molar-refractivity contribution in [2.24, 2.45) is 0 Å². The Morgan fingerprint density at radius 1 is 1.00 bits per heavy atom. The third kappa shape index (κ3) is 4.17. The van der Waals surface area contributed by atoms with E-state index in [1.807, 2.05) is 4.72 Å². The lowest BCUT2D eigenvalue weighted by Crippen LogP contribution is -2.30. The fraction of sp³-hybridized carbons (Fsp3) is 0.125. The summed E-state index contributed by atoms with van der Waals surface area (Å²) in [7, 11) is -3.94. The minimum absolute atomic E-state index is 0.00236. The molecule has 0 fully saturated rings. The van der Waals surface area contributed by atoms with Crippen LogP contribution in [0.15, 0.2) is 53.4 Å². The lowest BCUT2D eigenvalue weighted by Gasteiger charge is -2.10. The van der Waals surface area contributed by atoms with Gasteiger partial charge in [-0.25, -0.2) is 13.1 Å². The van der Waals surface area contributed by atoms with Gasteiger partial charge in [-0.3, -0.25) is 9.59 Å². The van der Waals surface area contributed by atoms with E-state index in [0.717, 1.165) is 5.56 Å². The fourth-order valence-corrected chi connectivity index (χ4v) is 2.92. The first-order chi connectivity index (χ1) is 10.8. The molecule has 6 nitrogen and oxygen atoms in total. The molecule has 0 atom stereocenters. The first kappa shape index (κ1) is 16.7. The van der Waals surface area contributed by atoms with Gasteiger partial charge < -0.3 is 5.32 Å². The summed E-state index contributed by atoms with van der Waals surface area (Å²) in [5.41, 5.74) is 1.36. The number of hydrogen-bond acceptors (Lipinski definition) is 4. The molecule has 0 radical (unpaired) electrons. The zero-order valence-corrected chi connectivity index (χ0v) is 13.5. The number of sulfonamides is 1. The van der Waals surface area contributed by atoms with E-state index in [2.05, 4.69) is 5.32 Å². The van der Waals surface area contributed by atoms with Gasteiger partial charge in [-0.05, 0) is 36.8 Å². The monoisotopic (exact) mass is 332 g/mol. The second-order valence-electron chi connectivity index (χ2n) is 4.96. The molecule has 2 aromatic rings. The number of nitrogens with one attached hydrogen (secondary N) is 2. The Hall–Kier alpha value is -2.67. The van der Waals surface area contributed by atoms with Crippen LogP contribution in [0.4, 0.5) is 5.69 Å². The maximum Gasteiger partial charge on any atom is 0.265 e. The Bertz CT molecular complexity index is 846. The fourth-order valence-electron chi connectivity index (χ4n) is 1.93. The standard InChI is InChI=1S/C16H16N2O4S/c1-11-8-9-13(10-15(11)17-12(2)19)16(20)18-23(21,22)14-6-4-3-5-7-14/h3-10H,1-2H3,(H,17,19)(H,18,20). The highest BCUT2D eigenvalue weighted by molar-refractivity contribution is 7.90. The molecule has 2 rings (SSSR count). The highest BCUT2D eigenvalue weighted by Crippen LogP contribution is 2.17. The summed E-state index contributed by atoms with van der Waals surface area (Å²) >= 11 is 0. The molecule has 2 amide bonds. The zero-order chi connectivity index (χ0) is 17.0. The number of hydrogen-bond donors (Lipinski definition) is 2. The molecule has 120 valence electrons. The molecule has 0 aromatic heterocycles. The summed E-state index contributed by atoms with van der Waals surface area (Å²) < 4.78 is 26.3. The summed E-state index contributed by atoms with van der Waals surface area (Å²) in [6.07, 6.45) is 0. The number of aryl methyl sites for hydroxylation is 1. The first-order valence-corrected chi connectivity index (χ1v) is 8.28. The van der Waals surface area contributed by atoms with Crippen molar-refractivity contribution in [3.05, 3.63) is 59.7 Å². The summed E-state index contributed by atoms with van der Waals surface area (Å²) in [6, 6.07) is 12.2. The van der Waals surface area contributed by atoms with E-state index >= 15 is 0 Å². The maximum atomic E-state index is 12.2. The average Bonchev–Trinajstić information content (AvgIpc) is 2.49. The molecule has 7 heteroatoms. The van der Waals surface area contributed by atoms with Crippen LogP contribution in [0, 0.1) is 6.92 Å². The van der Waals surface area contributed by atoms with Gasteiger partial charge in [0.2, 0.25) is 5.91 Å². The van der Waals surface area contributed by atoms with Crippen molar-refractivity contribution < 1.29 is 18.0 Å². The van der Waals surface area contributed by atoms with Crippen LogP contribution in [-0.2, 0) is 14.8 Å². The summed E-state index contributed by atoms with van der Waals surface area (Å²) in [5.74, 6) is -1.04. The van der Waals surface area contributed by atoms with E-state index in [9.17, 15) is 18.0 Å². The molecule has 0 aliphatic carbocycles. The molecule has 23 heavy (non-hydrogen) atoms. The predicted octanol–water partition coefficient (Wildman–Crippen LogP) is 2.07. The predicted molar refractivity (Wildman–Crippen MR) is 86.6 cm³/mol. The number of benzene rings is 2. The molecule has 0 spiro atoms. The van der Waals surface area contributed by atoms with Gasteiger partial charge >= 0.3 is 0 Å². The van der Waals surface area contributed by atoms with Crippen molar-refractivity contribution in [2.45, 2.75) is 18.7 Å². The molecule has 0 aliphatic rings. The molecule has 0 unspecified atom stereocenters. The van der Waals surface area contributed by atoms with Gasteiger partial charge in [0.15, 0.2) is 0 Å². The van der Waals surface area contributed by atoms with E-state index in [4.69, 9.17) is 0 Å². The third-order valence-electron chi connectivity index (χ3n) is 3.09. The molecule has 2 N–H and O–H groups in total. The molecular formula is C16H16N2O4S. The quantitative estimate of drug-likeness (QED) is 0.896. The van der Waals surface area contributed by atoms with Gasteiger partial charge in [-0.1, -0.05) is 24.3 Å². The molecular weight excluding hydrogens is 316 g/mol. The smallest absolute Gasteiger partial charge is 0.265 e. The summed E-state index contributed by atoms with van der Waals surface area (Å²) in [6.45, 7) is 3.12. The molecule has 0 aliphatic heterocycles. The minimum atomic E-state index is -3.94. The minimum Gasteiger partial charge on any atom is -0.326 e. The van der Waals surface area contributed by atoms with E-state index in [1.165, 1.54) is 31.2 Å². The van der Waals surface area contributed by atoms with Crippen LogP contribution in [0.1, 0.15) is 22.8 Å². The number of carbonyl (C=O) groups is 2. The lowest BCUT2D eigenvalue weighted by atomic mass is 10.1. The number of carbonyl (C=O) groups excluding carboxylic acids is 2. The largest absolute Gasteiger partial charge is 0.326 e. The van der Waals surface area contributed by atoms with E-state index in [0.29, 0.717) is 5.69 Å². The van der Waals surface area contributed by atoms with Crippen LogP contribution in [0.3, 0.4) is 0 Å². The lowest BCUT2D eigenvalue weighted by molar-refractivity contribution is -0.114. The van der Waals surface area contributed by atoms with Gasteiger partial charge in [-0.15, -0.1) is 0 Å². The van der Waals surface area contributed by atoms with Crippen molar-refractivity contribution in [3.63, 3.8) is 0 Å². The second kappa shape index (κ2) is 6.62. The number of rotatable bonds is 4. The van der Waals surface area contributed by atoms with Crippen LogP contribution >= 0.6 is 0 Å². The Morgan fingerprint density at radius 2 is 1.65 bits per heavy atom. The van der Waals surface area contributed by atoms with Gasteiger partial charge in [0, 0.05) is 18.2 Å². The Morgan fingerprint density at radius 3 is 2.26 bits per heavy atom. The molecule has 0 saturated carbocycles. The maximum absolute atomic E-state index is 12.2.